The van der Waals surface area contributed by atoms with Crippen molar-refractivity contribution >= 4 is 35.0 Å². The number of nitrogens with zero attached hydrogens (tertiary/aromatic N) is 1. The van der Waals surface area contributed by atoms with E-state index in [0.29, 0.717) is 17.3 Å². The number of likely N-dealkylation sites (tertiary alicyclic amines) is 1. The van der Waals surface area contributed by atoms with Crippen LogP contribution in [-0.4, -0.2) is 35.2 Å². The van der Waals surface area contributed by atoms with Crippen LogP contribution in [0, 0.1) is 17.8 Å². The highest BCUT2D eigenvalue weighted by Crippen LogP contribution is 2.51. The van der Waals surface area contributed by atoms with Crippen LogP contribution < -0.4 is 10.6 Å². The van der Waals surface area contributed by atoms with E-state index in [4.69, 9.17) is 11.6 Å². The maximum Gasteiger partial charge on any atom is 0.291 e. The molecule has 3 N–H and O–H groups in total. The van der Waals surface area contributed by atoms with E-state index in [2.05, 4.69) is 5.32 Å². The second-order valence-electron chi connectivity index (χ2n) is 8.16. The third-order valence-electron chi connectivity index (χ3n) is 6.38. The average molecular weight is 391 g/mol. The zero-order valence-electron chi connectivity index (χ0n) is 15.8. The minimum Gasteiger partial charge on any atom is -0.326 e. The molecule has 1 aromatic rings. The third kappa shape index (κ3) is 2.32. The van der Waals surface area contributed by atoms with Gasteiger partial charge < -0.3 is 10.6 Å². The van der Waals surface area contributed by atoms with E-state index in [1.807, 2.05) is 32.2 Å². The molecule has 0 saturated carbocycles. The Morgan fingerprint density at radius 1 is 1.26 bits per heavy atom. The zero-order valence-corrected chi connectivity index (χ0v) is 16.5. The summed E-state index contributed by atoms with van der Waals surface area (Å²) in [6.07, 6.45) is 1.67. The predicted octanol–water partition coefficient (Wildman–Crippen LogP) is 1.49. The first-order valence-corrected chi connectivity index (χ1v) is 10.0. The SMILES string of the molecule is CCCCN1C(=O)[C@H]2[C@@H](C1=O)[C@]1([NH2+][C@H]2C(C)C)C(=O)Nc2c(Cl)cccc21. The fourth-order valence-electron chi connectivity index (χ4n) is 5.08. The second-order valence-corrected chi connectivity index (χ2v) is 8.57. The van der Waals surface area contributed by atoms with Gasteiger partial charge in [0, 0.05) is 18.0 Å². The monoisotopic (exact) mass is 390 g/mol. The minimum absolute atomic E-state index is 0.131. The van der Waals surface area contributed by atoms with Gasteiger partial charge in [0.2, 0.25) is 17.4 Å². The maximum atomic E-state index is 13.3. The Morgan fingerprint density at radius 3 is 2.67 bits per heavy atom. The summed E-state index contributed by atoms with van der Waals surface area (Å²) in [4.78, 5) is 41.1. The molecular formula is C20H25ClN3O3+. The first-order chi connectivity index (χ1) is 12.8. The van der Waals surface area contributed by atoms with Crippen molar-refractivity contribution in [2.75, 3.05) is 11.9 Å². The molecule has 0 unspecified atom stereocenters. The number of hydrogen-bond acceptors (Lipinski definition) is 3. The molecule has 7 heteroatoms. The molecule has 27 heavy (non-hydrogen) atoms. The lowest BCUT2D eigenvalue weighted by atomic mass is 9.76. The van der Waals surface area contributed by atoms with Crippen molar-refractivity contribution in [3.05, 3.63) is 28.8 Å². The molecule has 3 amide bonds. The molecule has 0 aliphatic carbocycles. The quantitative estimate of drug-likeness (QED) is 0.764. The van der Waals surface area contributed by atoms with Crippen molar-refractivity contribution < 1.29 is 19.7 Å². The smallest absolute Gasteiger partial charge is 0.291 e. The Morgan fingerprint density at radius 2 is 2.00 bits per heavy atom. The average Bonchev–Trinajstić information content (AvgIpc) is 3.21. The molecule has 3 aliphatic rings. The van der Waals surface area contributed by atoms with E-state index in [1.54, 1.807) is 12.1 Å². The summed E-state index contributed by atoms with van der Waals surface area (Å²) in [5.74, 6) is -1.62. The molecule has 0 aromatic heterocycles. The fraction of sp³-hybridized carbons (Fsp3) is 0.550. The Labute approximate surface area is 163 Å². The van der Waals surface area contributed by atoms with E-state index >= 15 is 0 Å². The number of para-hydroxylation sites is 1. The molecular weight excluding hydrogens is 366 g/mol. The summed E-state index contributed by atoms with van der Waals surface area (Å²) in [5, 5.41) is 5.29. The number of rotatable bonds is 4. The first kappa shape index (κ1) is 18.4. The van der Waals surface area contributed by atoms with Crippen LogP contribution in [-0.2, 0) is 19.9 Å². The number of imide groups is 1. The highest BCUT2D eigenvalue weighted by Gasteiger charge is 2.74. The molecule has 3 aliphatic heterocycles. The lowest BCUT2D eigenvalue weighted by molar-refractivity contribution is -0.738. The maximum absolute atomic E-state index is 13.3. The predicted molar refractivity (Wildman–Crippen MR) is 101 cm³/mol. The van der Waals surface area contributed by atoms with Gasteiger partial charge in [-0.25, -0.2) is 0 Å². The van der Waals surface area contributed by atoms with Gasteiger partial charge in [-0.15, -0.1) is 0 Å². The van der Waals surface area contributed by atoms with Crippen molar-refractivity contribution in [1.29, 1.82) is 0 Å². The third-order valence-corrected chi connectivity index (χ3v) is 6.70. The molecule has 1 aromatic carbocycles. The van der Waals surface area contributed by atoms with E-state index in [1.165, 1.54) is 4.90 Å². The second kappa shape index (κ2) is 6.31. The molecule has 0 radical (unpaired) electrons. The molecule has 144 valence electrons. The van der Waals surface area contributed by atoms with Crippen LogP contribution in [0.1, 0.15) is 39.2 Å². The molecule has 2 saturated heterocycles. The van der Waals surface area contributed by atoms with Gasteiger partial charge in [-0.1, -0.05) is 44.9 Å². The van der Waals surface area contributed by atoms with Crippen molar-refractivity contribution in [2.24, 2.45) is 17.8 Å². The lowest BCUT2D eigenvalue weighted by Gasteiger charge is -2.27. The Bertz CT molecular complexity index is 840. The number of anilines is 1. The summed E-state index contributed by atoms with van der Waals surface area (Å²) in [5.41, 5.74) is 0.167. The van der Waals surface area contributed by atoms with Gasteiger partial charge in [-0.3, -0.25) is 19.3 Å². The first-order valence-electron chi connectivity index (χ1n) is 9.66. The summed E-state index contributed by atoms with van der Waals surface area (Å²) in [7, 11) is 0. The number of quaternary nitrogens is 1. The van der Waals surface area contributed by atoms with E-state index in [-0.39, 0.29) is 29.7 Å². The van der Waals surface area contributed by atoms with Crippen LogP contribution in [0.4, 0.5) is 5.69 Å². The zero-order chi connectivity index (χ0) is 19.5. The summed E-state index contributed by atoms with van der Waals surface area (Å²) in [6.45, 7) is 6.53. The Kier molecular flexibility index (Phi) is 4.31. The van der Waals surface area contributed by atoms with Crippen LogP contribution in [0.2, 0.25) is 5.02 Å². The highest BCUT2D eigenvalue weighted by atomic mass is 35.5. The number of amides is 3. The summed E-state index contributed by atoms with van der Waals surface area (Å²) >= 11 is 6.31. The van der Waals surface area contributed by atoms with Gasteiger partial charge in [0.05, 0.1) is 10.7 Å². The number of hydrogen-bond donors (Lipinski definition) is 2. The van der Waals surface area contributed by atoms with Crippen LogP contribution >= 0.6 is 11.6 Å². The number of unbranched alkanes of at least 4 members (excludes halogenated alkanes) is 1. The molecule has 4 atom stereocenters. The van der Waals surface area contributed by atoms with Crippen LogP contribution in [0.5, 0.6) is 0 Å². The summed E-state index contributed by atoms with van der Waals surface area (Å²) in [6, 6.07) is 5.24. The molecule has 0 bridgehead atoms. The number of halogens is 1. The van der Waals surface area contributed by atoms with Crippen LogP contribution in [0.15, 0.2) is 18.2 Å². The molecule has 1 spiro atoms. The van der Waals surface area contributed by atoms with Crippen LogP contribution in [0.25, 0.3) is 0 Å². The number of carbonyl (C=O) groups is 3. The standard InChI is InChI=1S/C20H24ClN3O3/c1-4-5-9-24-17(25)13-14(18(24)26)20(23-15(13)10(2)3)11-7-6-8-12(21)16(11)22-19(20)27/h6-8,10,13-15,23H,4-5,9H2,1-3H3,(H,22,27)/p+1/t13-,14-,15-,20-/m0/s1. The number of nitrogens with two attached hydrogens (primary N) is 1. The van der Waals surface area contributed by atoms with E-state index < -0.39 is 17.4 Å². The molecule has 6 nitrogen and oxygen atoms in total. The topological polar surface area (TPSA) is 83.1 Å². The van der Waals surface area contributed by atoms with E-state index in [9.17, 15) is 14.4 Å². The van der Waals surface area contributed by atoms with Gasteiger partial charge in [-0.2, -0.15) is 0 Å². The lowest BCUT2D eigenvalue weighted by Crippen LogP contribution is -2.99. The van der Waals surface area contributed by atoms with Crippen molar-refractivity contribution in [2.45, 2.75) is 45.2 Å². The highest BCUT2D eigenvalue weighted by molar-refractivity contribution is 6.35. The molecule has 4 rings (SSSR count). The van der Waals surface area contributed by atoms with Crippen LogP contribution in [0.3, 0.4) is 0 Å². The largest absolute Gasteiger partial charge is 0.326 e. The van der Waals surface area contributed by atoms with Crippen molar-refractivity contribution in [1.82, 2.24) is 4.90 Å². The summed E-state index contributed by atoms with van der Waals surface area (Å²) < 4.78 is 0. The van der Waals surface area contributed by atoms with Gasteiger partial charge in [0.15, 0.2) is 0 Å². The Hall–Kier alpha value is -1.92. The number of carbonyl (C=O) groups excluding carboxylic acids is 3. The minimum atomic E-state index is -1.12. The van der Waals surface area contributed by atoms with Gasteiger partial charge in [0.25, 0.3) is 5.91 Å². The van der Waals surface area contributed by atoms with Crippen molar-refractivity contribution in [3.8, 4) is 0 Å². The van der Waals surface area contributed by atoms with Gasteiger partial charge >= 0.3 is 0 Å². The normalized spacial score (nSPS) is 31.8. The molecule has 3 heterocycles. The van der Waals surface area contributed by atoms with E-state index in [0.717, 1.165) is 18.4 Å². The molecule has 2 fully saturated rings. The number of benzene rings is 1. The van der Waals surface area contributed by atoms with Crippen molar-refractivity contribution in [3.63, 3.8) is 0 Å². The van der Waals surface area contributed by atoms with Gasteiger partial charge in [0.1, 0.15) is 17.9 Å². The number of fused-ring (bicyclic) bond motifs is 4. The number of nitrogens with one attached hydrogen (secondary N) is 1. The van der Waals surface area contributed by atoms with Gasteiger partial charge in [-0.05, 0) is 18.6 Å². The fourth-order valence-corrected chi connectivity index (χ4v) is 5.30. The Balaban J connectivity index is 1.87.